The van der Waals surface area contributed by atoms with Gasteiger partial charge in [-0.3, -0.25) is 20.4 Å². The minimum absolute atomic E-state index is 0.352. The topological polar surface area (TPSA) is 58.2 Å². The molecule has 0 saturated carbocycles. The van der Waals surface area contributed by atoms with Gasteiger partial charge in [-0.2, -0.15) is 0 Å². The summed E-state index contributed by atoms with van der Waals surface area (Å²) in [5.41, 5.74) is 5.23. The van der Waals surface area contributed by atoms with Crippen molar-refractivity contribution < 1.29 is 9.59 Å². The fourth-order valence-electron chi connectivity index (χ4n) is 1.71. The molecule has 0 bridgehead atoms. The lowest BCUT2D eigenvalue weighted by Crippen LogP contribution is -2.44. The number of hydrogen-bond donors (Lipinski definition) is 2. The quantitative estimate of drug-likeness (QED) is 0.634. The van der Waals surface area contributed by atoms with Crippen LogP contribution < -0.4 is 10.9 Å². The van der Waals surface area contributed by atoms with E-state index in [1.165, 1.54) is 11.8 Å². The second kappa shape index (κ2) is 8.24. The molecule has 120 valence electrons. The molecule has 4 nitrogen and oxygen atoms in total. The SMILES string of the molecule is C[C@@H](Sc1c(Cl)cccc1Cl)C(=O)NNC(=O)c1ccccc1. The van der Waals surface area contributed by atoms with Gasteiger partial charge >= 0.3 is 0 Å². The molecule has 7 heteroatoms. The van der Waals surface area contributed by atoms with E-state index in [2.05, 4.69) is 10.9 Å². The molecule has 0 unspecified atom stereocenters. The van der Waals surface area contributed by atoms with Crippen LogP contribution in [0.2, 0.25) is 10.0 Å². The molecule has 2 N–H and O–H groups in total. The van der Waals surface area contributed by atoms with E-state index in [0.717, 1.165) is 0 Å². The van der Waals surface area contributed by atoms with Gasteiger partial charge in [0.15, 0.2) is 0 Å². The minimum Gasteiger partial charge on any atom is -0.272 e. The number of hydrazine groups is 1. The highest BCUT2D eigenvalue weighted by molar-refractivity contribution is 8.00. The van der Waals surface area contributed by atoms with Crippen molar-refractivity contribution in [2.75, 3.05) is 0 Å². The first-order chi connectivity index (χ1) is 11.0. The molecule has 0 aliphatic carbocycles. The zero-order valence-electron chi connectivity index (χ0n) is 12.2. The third-order valence-corrected chi connectivity index (χ3v) is 5.02. The molecule has 2 aromatic rings. The number of rotatable bonds is 4. The van der Waals surface area contributed by atoms with Crippen LogP contribution in [0, 0.1) is 0 Å². The van der Waals surface area contributed by atoms with Gasteiger partial charge in [0, 0.05) is 10.5 Å². The zero-order chi connectivity index (χ0) is 16.8. The van der Waals surface area contributed by atoms with E-state index >= 15 is 0 Å². The van der Waals surface area contributed by atoms with Gasteiger partial charge in [0.1, 0.15) is 0 Å². The second-order valence-electron chi connectivity index (χ2n) is 4.62. The molecule has 2 amide bonds. The molecule has 0 saturated heterocycles. The summed E-state index contributed by atoms with van der Waals surface area (Å²) >= 11 is 13.4. The molecule has 0 fully saturated rings. The van der Waals surface area contributed by atoms with Crippen LogP contribution in [-0.2, 0) is 4.79 Å². The van der Waals surface area contributed by atoms with Crippen molar-refractivity contribution >= 4 is 46.8 Å². The van der Waals surface area contributed by atoms with E-state index in [1.807, 2.05) is 0 Å². The van der Waals surface area contributed by atoms with E-state index in [9.17, 15) is 9.59 Å². The summed E-state index contributed by atoms with van der Waals surface area (Å²) in [6.07, 6.45) is 0. The van der Waals surface area contributed by atoms with Gasteiger partial charge in [-0.25, -0.2) is 0 Å². The number of amides is 2. The number of hydrogen-bond acceptors (Lipinski definition) is 3. The molecule has 0 aliphatic heterocycles. The molecule has 0 radical (unpaired) electrons. The fourth-order valence-corrected chi connectivity index (χ4v) is 3.25. The van der Waals surface area contributed by atoms with Crippen molar-refractivity contribution in [2.45, 2.75) is 17.1 Å². The molecule has 0 aliphatic rings. The maximum absolute atomic E-state index is 12.1. The Kier molecular flexibility index (Phi) is 6.33. The lowest BCUT2D eigenvalue weighted by atomic mass is 10.2. The number of carbonyl (C=O) groups is 2. The maximum Gasteiger partial charge on any atom is 0.269 e. The molecule has 0 aromatic heterocycles. The summed E-state index contributed by atoms with van der Waals surface area (Å²) in [5, 5.41) is 0.481. The van der Waals surface area contributed by atoms with Crippen molar-refractivity contribution in [3.05, 3.63) is 64.1 Å². The number of carbonyl (C=O) groups excluding carboxylic acids is 2. The van der Waals surface area contributed by atoms with Crippen LogP contribution in [0.25, 0.3) is 0 Å². The summed E-state index contributed by atoms with van der Waals surface area (Å²) in [6, 6.07) is 13.8. The first-order valence-electron chi connectivity index (χ1n) is 6.75. The van der Waals surface area contributed by atoms with Gasteiger partial charge < -0.3 is 0 Å². The van der Waals surface area contributed by atoms with Crippen molar-refractivity contribution in [1.29, 1.82) is 0 Å². The Labute approximate surface area is 148 Å². The van der Waals surface area contributed by atoms with Crippen LogP contribution in [0.3, 0.4) is 0 Å². The first-order valence-corrected chi connectivity index (χ1v) is 8.38. The van der Waals surface area contributed by atoms with Crippen LogP contribution >= 0.6 is 35.0 Å². The minimum atomic E-state index is -0.483. The van der Waals surface area contributed by atoms with E-state index in [-0.39, 0.29) is 11.8 Å². The van der Waals surface area contributed by atoms with Gasteiger partial charge in [-0.1, -0.05) is 47.5 Å². The lowest BCUT2D eigenvalue weighted by Gasteiger charge is -2.14. The third-order valence-electron chi connectivity index (χ3n) is 2.92. The largest absolute Gasteiger partial charge is 0.272 e. The van der Waals surface area contributed by atoms with Crippen molar-refractivity contribution in [2.24, 2.45) is 0 Å². The van der Waals surface area contributed by atoms with E-state index in [4.69, 9.17) is 23.2 Å². The normalized spacial score (nSPS) is 11.6. The monoisotopic (exact) mass is 368 g/mol. The van der Waals surface area contributed by atoms with Crippen LogP contribution in [0.1, 0.15) is 17.3 Å². The Balaban J connectivity index is 1.92. The van der Waals surface area contributed by atoms with Crippen LogP contribution in [0.5, 0.6) is 0 Å². The Morgan fingerprint density at radius 2 is 1.57 bits per heavy atom. The summed E-state index contributed by atoms with van der Waals surface area (Å²) in [7, 11) is 0. The molecule has 2 aromatic carbocycles. The number of nitrogens with one attached hydrogen (secondary N) is 2. The highest BCUT2D eigenvalue weighted by atomic mass is 35.5. The van der Waals surface area contributed by atoms with Crippen molar-refractivity contribution in [3.8, 4) is 0 Å². The summed E-state index contributed by atoms with van der Waals surface area (Å²) < 4.78 is 0. The molecular weight excluding hydrogens is 355 g/mol. The number of halogens is 2. The Hall–Kier alpha value is -1.69. The first kappa shape index (κ1) is 17.7. The molecule has 23 heavy (non-hydrogen) atoms. The smallest absolute Gasteiger partial charge is 0.269 e. The van der Waals surface area contributed by atoms with Crippen LogP contribution in [0.15, 0.2) is 53.4 Å². The van der Waals surface area contributed by atoms with Gasteiger partial charge in [0.25, 0.3) is 11.8 Å². The van der Waals surface area contributed by atoms with Crippen molar-refractivity contribution in [3.63, 3.8) is 0 Å². The molecular formula is C16H14Cl2N2O2S. The van der Waals surface area contributed by atoms with E-state index < -0.39 is 5.25 Å². The maximum atomic E-state index is 12.1. The molecule has 0 spiro atoms. The van der Waals surface area contributed by atoms with E-state index in [1.54, 1.807) is 55.5 Å². The standard InChI is InChI=1S/C16H14Cl2N2O2S/c1-10(23-14-12(17)8-5-9-13(14)18)15(21)19-20-16(22)11-6-3-2-4-7-11/h2-10H,1H3,(H,19,21)(H,20,22)/t10-/m1/s1. The molecule has 2 rings (SSSR count). The van der Waals surface area contributed by atoms with Gasteiger partial charge in [0.05, 0.1) is 15.3 Å². The van der Waals surface area contributed by atoms with Gasteiger partial charge in [0.2, 0.25) is 0 Å². The third kappa shape index (κ3) is 4.89. The highest BCUT2D eigenvalue weighted by Gasteiger charge is 2.18. The lowest BCUT2D eigenvalue weighted by molar-refractivity contribution is -0.121. The second-order valence-corrected chi connectivity index (χ2v) is 6.79. The molecule has 0 heterocycles. The number of benzene rings is 2. The van der Waals surface area contributed by atoms with Crippen LogP contribution in [0.4, 0.5) is 0 Å². The number of thioether (sulfide) groups is 1. The van der Waals surface area contributed by atoms with E-state index in [0.29, 0.717) is 20.5 Å². The highest BCUT2D eigenvalue weighted by Crippen LogP contribution is 2.36. The Morgan fingerprint density at radius 3 is 2.17 bits per heavy atom. The Bertz CT molecular complexity index is 690. The average molecular weight is 369 g/mol. The summed E-state index contributed by atoms with van der Waals surface area (Å²) in [4.78, 5) is 24.6. The zero-order valence-corrected chi connectivity index (χ0v) is 14.5. The van der Waals surface area contributed by atoms with Crippen molar-refractivity contribution in [1.82, 2.24) is 10.9 Å². The predicted molar refractivity (Wildman–Crippen MR) is 93.8 cm³/mol. The van der Waals surface area contributed by atoms with Gasteiger partial charge in [-0.05, 0) is 31.2 Å². The van der Waals surface area contributed by atoms with Crippen LogP contribution in [-0.4, -0.2) is 17.1 Å². The van der Waals surface area contributed by atoms with Gasteiger partial charge in [-0.15, -0.1) is 11.8 Å². The summed E-state index contributed by atoms with van der Waals surface area (Å²) in [6.45, 7) is 1.70. The Morgan fingerprint density at radius 1 is 0.957 bits per heavy atom. The average Bonchev–Trinajstić information content (AvgIpc) is 2.56. The fraction of sp³-hybridized carbons (Fsp3) is 0.125. The summed E-state index contributed by atoms with van der Waals surface area (Å²) in [5.74, 6) is -0.734. The molecule has 1 atom stereocenters. The predicted octanol–water partition coefficient (Wildman–Crippen LogP) is 3.94.